The molecule has 0 radical (unpaired) electrons. The predicted octanol–water partition coefficient (Wildman–Crippen LogP) is 6.56. The van der Waals surface area contributed by atoms with Crippen molar-refractivity contribution in [2.45, 2.75) is 0 Å². The van der Waals surface area contributed by atoms with E-state index in [9.17, 15) is 0 Å². The van der Waals surface area contributed by atoms with E-state index in [4.69, 9.17) is 32.9 Å². The van der Waals surface area contributed by atoms with Crippen molar-refractivity contribution in [3.8, 4) is 0 Å². The number of rotatable bonds is 3. The molecule has 5 heteroatoms. The van der Waals surface area contributed by atoms with Crippen molar-refractivity contribution in [3.05, 3.63) is 101 Å². The molecule has 0 amide bonds. The molecule has 4 rings (SSSR count). The Hall–Kier alpha value is -2.75. The molecule has 0 saturated heterocycles. The van der Waals surface area contributed by atoms with Crippen LogP contribution in [0.3, 0.4) is 0 Å². The maximum atomic E-state index is 6.08. The summed E-state index contributed by atoms with van der Waals surface area (Å²) < 4.78 is 5.89. The molecule has 0 bridgehead atoms. The Kier molecular flexibility index (Phi) is 5.14. The van der Waals surface area contributed by atoms with Crippen LogP contribution in [0.25, 0.3) is 5.70 Å². The number of aliphatic imine (C=N–C) groups is 1. The van der Waals surface area contributed by atoms with Crippen molar-refractivity contribution in [2.24, 2.45) is 4.99 Å². The fourth-order valence-electron chi connectivity index (χ4n) is 2.86. The van der Waals surface area contributed by atoms with E-state index in [0.29, 0.717) is 22.7 Å². The summed E-state index contributed by atoms with van der Waals surface area (Å²) in [7, 11) is 0. The summed E-state index contributed by atoms with van der Waals surface area (Å²) in [5.74, 6) is 0. The van der Waals surface area contributed by atoms with Crippen LogP contribution in [0.1, 0.15) is 5.56 Å². The van der Waals surface area contributed by atoms with Crippen molar-refractivity contribution in [3.63, 3.8) is 0 Å². The van der Waals surface area contributed by atoms with Crippen LogP contribution in [0.4, 0.5) is 11.4 Å². The van der Waals surface area contributed by atoms with Gasteiger partial charge >= 0.3 is 6.02 Å². The Bertz CT molecular complexity index is 981. The summed E-state index contributed by atoms with van der Waals surface area (Å²) in [4.78, 5) is 6.69. The van der Waals surface area contributed by atoms with Gasteiger partial charge in [0.25, 0.3) is 0 Å². The SMILES string of the molecule is Clc1ccc(N=C2OCC=C(c3ccccc3)N2c2ccc(Cl)cc2)cc1. The Morgan fingerprint density at radius 1 is 0.778 bits per heavy atom. The molecule has 0 aromatic heterocycles. The number of benzene rings is 3. The van der Waals surface area contributed by atoms with Gasteiger partial charge in [0.05, 0.1) is 17.1 Å². The first-order valence-electron chi connectivity index (χ1n) is 8.49. The monoisotopic (exact) mass is 394 g/mol. The lowest BCUT2D eigenvalue weighted by molar-refractivity contribution is 0.338. The first-order valence-corrected chi connectivity index (χ1v) is 9.25. The van der Waals surface area contributed by atoms with Crippen molar-refractivity contribution < 1.29 is 4.74 Å². The minimum Gasteiger partial charge on any atom is -0.460 e. The van der Waals surface area contributed by atoms with Crippen molar-refractivity contribution >= 4 is 46.3 Å². The van der Waals surface area contributed by atoms with Gasteiger partial charge in [0.2, 0.25) is 0 Å². The molecule has 3 nitrogen and oxygen atoms in total. The van der Waals surface area contributed by atoms with Crippen LogP contribution in [-0.2, 0) is 4.74 Å². The van der Waals surface area contributed by atoms with Crippen LogP contribution in [0, 0.1) is 0 Å². The summed E-state index contributed by atoms with van der Waals surface area (Å²) in [5.41, 5.74) is 3.78. The lowest BCUT2D eigenvalue weighted by Crippen LogP contribution is -2.35. The number of amidine groups is 1. The highest BCUT2D eigenvalue weighted by atomic mass is 35.5. The first-order chi connectivity index (χ1) is 13.2. The van der Waals surface area contributed by atoms with E-state index >= 15 is 0 Å². The average molecular weight is 395 g/mol. The maximum absolute atomic E-state index is 6.08. The number of hydrogen-bond acceptors (Lipinski definition) is 2. The summed E-state index contributed by atoms with van der Waals surface area (Å²) in [6.45, 7) is 0.445. The number of halogens is 2. The Balaban J connectivity index is 1.81. The fourth-order valence-corrected chi connectivity index (χ4v) is 3.11. The molecule has 0 saturated carbocycles. The molecular weight excluding hydrogens is 379 g/mol. The normalized spacial score (nSPS) is 15.4. The molecule has 0 aliphatic carbocycles. The van der Waals surface area contributed by atoms with Gasteiger partial charge in [0, 0.05) is 10.0 Å². The molecule has 3 aromatic carbocycles. The molecule has 1 aliphatic rings. The molecular formula is C22H16Cl2N2O. The second-order valence-electron chi connectivity index (χ2n) is 5.95. The molecule has 134 valence electrons. The van der Waals surface area contributed by atoms with E-state index in [1.165, 1.54) is 0 Å². The molecule has 0 N–H and O–H groups in total. The van der Waals surface area contributed by atoms with Crippen molar-refractivity contribution in [2.75, 3.05) is 11.5 Å². The third-order valence-electron chi connectivity index (χ3n) is 4.13. The van der Waals surface area contributed by atoms with E-state index in [-0.39, 0.29) is 0 Å². The first kappa shape index (κ1) is 17.7. The average Bonchev–Trinajstić information content (AvgIpc) is 2.71. The van der Waals surface area contributed by atoms with Crippen LogP contribution < -0.4 is 4.90 Å². The van der Waals surface area contributed by atoms with Crippen LogP contribution in [-0.4, -0.2) is 12.6 Å². The van der Waals surface area contributed by atoms with Crippen LogP contribution in [0.2, 0.25) is 10.0 Å². The van der Waals surface area contributed by atoms with E-state index in [1.54, 1.807) is 0 Å². The van der Waals surface area contributed by atoms with Crippen LogP contribution >= 0.6 is 23.2 Å². The standard InChI is InChI=1S/C22H16Cl2N2O/c23-17-6-10-19(11-7-17)25-22-26(20-12-8-18(24)9-13-20)21(14-15-27-22)16-4-2-1-3-5-16/h1-14H,15H2. The predicted molar refractivity (Wildman–Crippen MR) is 113 cm³/mol. The van der Waals surface area contributed by atoms with Gasteiger partial charge in [-0.2, -0.15) is 4.99 Å². The van der Waals surface area contributed by atoms with Gasteiger partial charge in [-0.3, -0.25) is 4.90 Å². The molecule has 0 spiro atoms. The van der Waals surface area contributed by atoms with Crippen molar-refractivity contribution in [1.82, 2.24) is 0 Å². The van der Waals surface area contributed by atoms with Gasteiger partial charge in [-0.1, -0.05) is 53.5 Å². The number of nitrogens with zero attached hydrogens (tertiary/aromatic N) is 2. The van der Waals surface area contributed by atoms with E-state index in [0.717, 1.165) is 22.6 Å². The summed E-state index contributed by atoms with van der Waals surface area (Å²) in [6, 6.07) is 25.6. The Morgan fingerprint density at radius 2 is 1.41 bits per heavy atom. The highest BCUT2D eigenvalue weighted by Gasteiger charge is 2.24. The summed E-state index contributed by atoms with van der Waals surface area (Å²) in [6.07, 6.45) is 2.05. The van der Waals surface area contributed by atoms with E-state index in [2.05, 4.69) is 12.1 Å². The third-order valence-corrected chi connectivity index (χ3v) is 4.63. The van der Waals surface area contributed by atoms with Gasteiger partial charge < -0.3 is 4.74 Å². The lowest BCUT2D eigenvalue weighted by atomic mass is 10.1. The van der Waals surface area contributed by atoms with Crippen molar-refractivity contribution in [1.29, 1.82) is 0 Å². The highest BCUT2D eigenvalue weighted by molar-refractivity contribution is 6.31. The molecule has 0 atom stereocenters. The number of anilines is 1. The smallest absolute Gasteiger partial charge is 0.302 e. The fraction of sp³-hybridized carbons (Fsp3) is 0.0455. The minimum absolute atomic E-state index is 0.445. The molecule has 27 heavy (non-hydrogen) atoms. The van der Waals surface area contributed by atoms with Crippen LogP contribution in [0.15, 0.2) is 89.9 Å². The number of hydrogen-bond donors (Lipinski definition) is 0. The largest absolute Gasteiger partial charge is 0.460 e. The molecule has 1 aliphatic heterocycles. The van der Waals surface area contributed by atoms with Gasteiger partial charge in [-0.25, -0.2) is 0 Å². The highest BCUT2D eigenvalue weighted by Crippen LogP contribution is 2.31. The minimum atomic E-state index is 0.445. The zero-order chi connectivity index (χ0) is 18.6. The maximum Gasteiger partial charge on any atom is 0.302 e. The molecule has 0 unspecified atom stereocenters. The molecule has 3 aromatic rings. The van der Waals surface area contributed by atoms with Gasteiger partial charge in [0.1, 0.15) is 6.61 Å². The van der Waals surface area contributed by atoms with E-state index in [1.807, 2.05) is 77.7 Å². The van der Waals surface area contributed by atoms with Gasteiger partial charge in [-0.15, -0.1) is 0 Å². The van der Waals surface area contributed by atoms with Gasteiger partial charge in [-0.05, 0) is 60.2 Å². The molecule has 1 heterocycles. The second kappa shape index (κ2) is 7.87. The zero-order valence-corrected chi connectivity index (χ0v) is 15.9. The number of ether oxygens (including phenoxy) is 1. The molecule has 0 fully saturated rings. The summed E-state index contributed by atoms with van der Waals surface area (Å²) in [5, 5.41) is 1.35. The lowest BCUT2D eigenvalue weighted by Gasteiger charge is -2.31. The second-order valence-corrected chi connectivity index (χ2v) is 6.82. The Morgan fingerprint density at radius 3 is 2.07 bits per heavy atom. The third kappa shape index (κ3) is 4.00. The van der Waals surface area contributed by atoms with Gasteiger partial charge in [0.15, 0.2) is 0 Å². The Labute approximate surface area is 168 Å². The zero-order valence-electron chi connectivity index (χ0n) is 14.3. The van der Waals surface area contributed by atoms with E-state index < -0.39 is 0 Å². The topological polar surface area (TPSA) is 24.8 Å². The van der Waals surface area contributed by atoms with Crippen LogP contribution in [0.5, 0.6) is 0 Å². The summed E-state index contributed by atoms with van der Waals surface area (Å²) >= 11 is 12.1. The quantitative estimate of drug-likeness (QED) is 0.502.